The first-order chi connectivity index (χ1) is 8.58. The summed E-state index contributed by atoms with van der Waals surface area (Å²) in [6, 6.07) is 6.14. The first kappa shape index (κ1) is 14.5. The second-order valence-electron chi connectivity index (χ2n) is 4.48. The van der Waals surface area contributed by atoms with Gasteiger partial charge in [0.25, 0.3) is 0 Å². The van der Waals surface area contributed by atoms with Crippen LogP contribution in [0.15, 0.2) is 18.2 Å². The van der Waals surface area contributed by atoms with Crippen LogP contribution in [-0.2, 0) is 11.2 Å². The number of methoxy groups -OCH3 is 1. The Labute approximate surface area is 108 Å². The zero-order valence-electron chi connectivity index (χ0n) is 11.2. The van der Waals surface area contributed by atoms with Crippen LogP contribution in [0.25, 0.3) is 0 Å². The van der Waals surface area contributed by atoms with Gasteiger partial charge in [-0.1, -0.05) is 26.0 Å². The fourth-order valence-electron chi connectivity index (χ4n) is 1.72. The fourth-order valence-corrected chi connectivity index (χ4v) is 1.72. The molecule has 0 atom stereocenters. The minimum Gasteiger partial charge on any atom is -0.496 e. The van der Waals surface area contributed by atoms with Crippen LogP contribution in [0, 0.1) is 0 Å². The van der Waals surface area contributed by atoms with E-state index in [0.29, 0.717) is 18.9 Å². The van der Waals surface area contributed by atoms with Crippen molar-refractivity contribution in [3.8, 4) is 5.75 Å². The van der Waals surface area contributed by atoms with E-state index >= 15 is 0 Å². The Balaban J connectivity index is 2.68. The quantitative estimate of drug-likeness (QED) is 0.805. The van der Waals surface area contributed by atoms with E-state index in [9.17, 15) is 4.79 Å². The van der Waals surface area contributed by atoms with Gasteiger partial charge in [0.15, 0.2) is 0 Å². The normalized spacial score (nSPS) is 10.5. The molecule has 1 amide bonds. The Morgan fingerprint density at radius 1 is 1.44 bits per heavy atom. The maximum atomic E-state index is 10.9. The fraction of sp³-hybridized carbons (Fsp3) is 0.500. The summed E-state index contributed by atoms with van der Waals surface area (Å²) in [6.45, 7) is 4.30. The molecule has 0 fully saturated rings. The highest BCUT2D eigenvalue weighted by atomic mass is 16.5. The second kappa shape index (κ2) is 7.01. The van der Waals surface area contributed by atoms with E-state index in [2.05, 4.69) is 25.2 Å². The molecule has 1 aromatic carbocycles. The molecular formula is C14H21NO3. The summed E-state index contributed by atoms with van der Waals surface area (Å²) in [7, 11) is 1.65. The van der Waals surface area contributed by atoms with Crippen LogP contribution in [0.3, 0.4) is 0 Å². The molecule has 4 heteroatoms. The SMILES string of the molecule is COc1cc(C(C)C)ccc1CCNC(=O)CO. The van der Waals surface area contributed by atoms with Crippen molar-refractivity contribution >= 4 is 5.91 Å². The molecule has 0 aliphatic heterocycles. The number of nitrogens with one attached hydrogen (secondary N) is 1. The first-order valence-electron chi connectivity index (χ1n) is 6.12. The van der Waals surface area contributed by atoms with Crippen molar-refractivity contribution in [2.24, 2.45) is 0 Å². The van der Waals surface area contributed by atoms with Crippen molar-refractivity contribution in [1.82, 2.24) is 5.32 Å². The number of aliphatic hydroxyl groups is 1. The van der Waals surface area contributed by atoms with E-state index in [0.717, 1.165) is 11.3 Å². The van der Waals surface area contributed by atoms with Crippen molar-refractivity contribution < 1.29 is 14.6 Å². The van der Waals surface area contributed by atoms with Crippen LogP contribution in [0.5, 0.6) is 5.75 Å². The highest BCUT2D eigenvalue weighted by Crippen LogP contribution is 2.24. The Bertz CT molecular complexity index is 402. The molecule has 4 nitrogen and oxygen atoms in total. The largest absolute Gasteiger partial charge is 0.496 e. The van der Waals surface area contributed by atoms with Gasteiger partial charge < -0.3 is 15.2 Å². The third kappa shape index (κ3) is 4.04. The third-order valence-corrected chi connectivity index (χ3v) is 2.84. The van der Waals surface area contributed by atoms with Gasteiger partial charge in [0.05, 0.1) is 7.11 Å². The smallest absolute Gasteiger partial charge is 0.245 e. The van der Waals surface area contributed by atoms with Gasteiger partial charge >= 0.3 is 0 Å². The number of carbonyl (C=O) groups excluding carboxylic acids is 1. The predicted octanol–water partition coefficient (Wildman–Crippen LogP) is 1.47. The average Bonchev–Trinajstić information content (AvgIpc) is 2.38. The van der Waals surface area contributed by atoms with E-state index < -0.39 is 6.61 Å². The number of carbonyl (C=O) groups is 1. The average molecular weight is 251 g/mol. The monoisotopic (exact) mass is 251 g/mol. The molecule has 0 aliphatic carbocycles. The topological polar surface area (TPSA) is 58.6 Å². The molecule has 1 rings (SSSR count). The zero-order valence-corrected chi connectivity index (χ0v) is 11.2. The number of benzene rings is 1. The number of amides is 1. The van der Waals surface area contributed by atoms with Gasteiger partial charge in [-0.25, -0.2) is 0 Å². The molecule has 0 aromatic heterocycles. The molecule has 0 heterocycles. The molecule has 2 N–H and O–H groups in total. The van der Waals surface area contributed by atoms with Crippen LogP contribution in [-0.4, -0.2) is 31.3 Å². The maximum Gasteiger partial charge on any atom is 0.245 e. The molecule has 0 spiro atoms. The van der Waals surface area contributed by atoms with Crippen LogP contribution >= 0.6 is 0 Å². The zero-order chi connectivity index (χ0) is 13.5. The summed E-state index contributed by atoms with van der Waals surface area (Å²) in [5.74, 6) is 0.953. The van der Waals surface area contributed by atoms with Gasteiger partial charge in [-0.2, -0.15) is 0 Å². The molecule has 18 heavy (non-hydrogen) atoms. The van der Waals surface area contributed by atoms with Crippen molar-refractivity contribution in [3.05, 3.63) is 29.3 Å². The van der Waals surface area contributed by atoms with Crippen LogP contribution in [0.4, 0.5) is 0 Å². The van der Waals surface area contributed by atoms with Crippen LogP contribution in [0.1, 0.15) is 30.9 Å². The Morgan fingerprint density at radius 2 is 2.17 bits per heavy atom. The van der Waals surface area contributed by atoms with Gasteiger partial charge in [-0.15, -0.1) is 0 Å². The third-order valence-electron chi connectivity index (χ3n) is 2.84. The number of aliphatic hydroxyl groups excluding tert-OH is 1. The summed E-state index contributed by atoms with van der Waals surface area (Å²) in [6.07, 6.45) is 0.688. The molecule has 0 radical (unpaired) electrons. The highest BCUT2D eigenvalue weighted by Gasteiger charge is 2.07. The number of rotatable bonds is 6. The lowest BCUT2D eigenvalue weighted by atomic mass is 10.00. The lowest BCUT2D eigenvalue weighted by Gasteiger charge is -2.12. The van der Waals surface area contributed by atoms with Crippen LogP contribution < -0.4 is 10.1 Å². The van der Waals surface area contributed by atoms with Gasteiger partial charge in [-0.3, -0.25) is 4.79 Å². The van der Waals surface area contributed by atoms with E-state index in [1.54, 1.807) is 7.11 Å². The summed E-state index contributed by atoms with van der Waals surface area (Å²) in [5.41, 5.74) is 2.29. The van der Waals surface area contributed by atoms with E-state index in [4.69, 9.17) is 9.84 Å². The summed E-state index contributed by atoms with van der Waals surface area (Å²) in [4.78, 5) is 10.9. The van der Waals surface area contributed by atoms with Gasteiger partial charge in [0, 0.05) is 6.54 Å². The molecule has 100 valence electrons. The molecule has 0 saturated heterocycles. The molecule has 0 bridgehead atoms. The molecular weight excluding hydrogens is 230 g/mol. The van der Waals surface area contributed by atoms with Crippen molar-refractivity contribution in [2.45, 2.75) is 26.2 Å². The Morgan fingerprint density at radius 3 is 2.72 bits per heavy atom. The summed E-state index contributed by atoms with van der Waals surface area (Å²) >= 11 is 0. The first-order valence-corrected chi connectivity index (χ1v) is 6.12. The van der Waals surface area contributed by atoms with Crippen molar-refractivity contribution in [3.63, 3.8) is 0 Å². The lowest BCUT2D eigenvalue weighted by molar-refractivity contribution is -0.123. The molecule has 0 unspecified atom stereocenters. The summed E-state index contributed by atoms with van der Waals surface area (Å²) in [5, 5.41) is 11.2. The van der Waals surface area contributed by atoms with E-state index in [1.165, 1.54) is 5.56 Å². The highest BCUT2D eigenvalue weighted by molar-refractivity contribution is 5.76. The minimum atomic E-state index is -0.469. The molecule has 0 saturated carbocycles. The second-order valence-corrected chi connectivity index (χ2v) is 4.48. The standard InChI is InChI=1S/C14H21NO3/c1-10(2)12-5-4-11(13(8-12)18-3)6-7-15-14(17)9-16/h4-5,8,10,16H,6-7,9H2,1-3H3,(H,15,17). The maximum absolute atomic E-state index is 10.9. The van der Waals surface area contributed by atoms with Crippen molar-refractivity contribution in [2.75, 3.05) is 20.3 Å². The number of hydrogen-bond acceptors (Lipinski definition) is 3. The summed E-state index contributed by atoms with van der Waals surface area (Å²) < 4.78 is 5.36. The Hall–Kier alpha value is -1.55. The van der Waals surface area contributed by atoms with E-state index in [-0.39, 0.29) is 5.91 Å². The Kier molecular flexibility index (Phi) is 5.65. The van der Waals surface area contributed by atoms with Gasteiger partial charge in [0.1, 0.15) is 12.4 Å². The molecule has 1 aromatic rings. The predicted molar refractivity (Wildman–Crippen MR) is 70.9 cm³/mol. The van der Waals surface area contributed by atoms with Gasteiger partial charge in [0.2, 0.25) is 5.91 Å². The minimum absolute atomic E-state index is 0.354. The lowest BCUT2D eigenvalue weighted by Crippen LogP contribution is -2.28. The van der Waals surface area contributed by atoms with E-state index in [1.807, 2.05) is 12.1 Å². The molecule has 0 aliphatic rings. The number of hydrogen-bond donors (Lipinski definition) is 2. The van der Waals surface area contributed by atoms with Crippen LogP contribution in [0.2, 0.25) is 0 Å². The number of ether oxygens (including phenoxy) is 1. The van der Waals surface area contributed by atoms with Crippen molar-refractivity contribution in [1.29, 1.82) is 0 Å². The van der Waals surface area contributed by atoms with Gasteiger partial charge in [-0.05, 0) is 29.5 Å².